The van der Waals surface area contributed by atoms with E-state index in [0.717, 1.165) is 19.3 Å². The Labute approximate surface area is 254 Å². The summed E-state index contributed by atoms with van der Waals surface area (Å²) < 4.78 is 23.4. The lowest BCUT2D eigenvalue weighted by Crippen LogP contribution is -2.57. The molecule has 4 rings (SSSR count). The number of aliphatic hydroxyl groups is 3. The maximum atomic E-state index is 13.8. The number of nitrogens with one attached hydrogen (secondary N) is 1. The Morgan fingerprint density at radius 2 is 1.95 bits per heavy atom. The summed E-state index contributed by atoms with van der Waals surface area (Å²) in [6.45, 7) is 6.34. The summed E-state index contributed by atoms with van der Waals surface area (Å²) in [4.78, 5) is 28.8. The number of hydrogen-bond donors (Lipinski definition) is 4. The van der Waals surface area contributed by atoms with Crippen molar-refractivity contribution in [1.82, 2.24) is 10.2 Å². The van der Waals surface area contributed by atoms with E-state index in [1.807, 2.05) is 0 Å². The second-order valence-corrected chi connectivity index (χ2v) is 12.3. The first-order chi connectivity index (χ1) is 20.6. The molecule has 1 saturated carbocycles. The summed E-state index contributed by atoms with van der Waals surface area (Å²) in [5.41, 5.74) is 1.46. The third-order valence-corrected chi connectivity index (χ3v) is 9.09. The molecule has 1 aromatic rings. The van der Waals surface area contributed by atoms with Gasteiger partial charge in [0, 0.05) is 31.3 Å². The second kappa shape index (κ2) is 14.9. The highest BCUT2D eigenvalue weighted by atomic mass is 16.5. The van der Waals surface area contributed by atoms with E-state index < -0.39 is 30.1 Å². The van der Waals surface area contributed by atoms with E-state index >= 15 is 0 Å². The highest BCUT2D eigenvalue weighted by Gasteiger charge is 2.51. The summed E-state index contributed by atoms with van der Waals surface area (Å²) >= 11 is 0. The standard InChI is InChI=1S/C32H48N2O9/c1-18(2)21-7-6-19(3)12-25(21)42-17-27(37)34(9-11-40-4)24-15-23(32(39)33-8-10-35)28-22-13-20(16-36)14-26(41-5)30(22)43-31(28)29(24)38/h13-15,18-19,21,24-25,28-29,31,35-36,38H,6-12,16-17H2,1-5H3,(H,33,39)/t19-,21+,24+,25-,28-,29-,31-/m0/s1. The van der Waals surface area contributed by atoms with Gasteiger partial charge in [0.1, 0.15) is 18.8 Å². The molecule has 0 bridgehead atoms. The highest BCUT2D eigenvalue weighted by Crippen LogP contribution is 2.51. The van der Waals surface area contributed by atoms with Crippen molar-refractivity contribution in [2.45, 2.75) is 76.9 Å². The number of ether oxygens (including phenoxy) is 4. The molecule has 1 aliphatic heterocycles. The van der Waals surface area contributed by atoms with Gasteiger partial charge in [-0.3, -0.25) is 9.59 Å². The minimum Gasteiger partial charge on any atom is -0.493 e. The Bertz CT molecular complexity index is 1160. The minimum absolute atomic E-state index is 0.0332. The Morgan fingerprint density at radius 3 is 2.60 bits per heavy atom. The number of carbonyl (C=O) groups is 2. The molecule has 4 N–H and O–H groups in total. The van der Waals surface area contributed by atoms with Crippen molar-refractivity contribution in [3.8, 4) is 11.5 Å². The van der Waals surface area contributed by atoms with Gasteiger partial charge in [-0.15, -0.1) is 0 Å². The third-order valence-electron chi connectivity index (χ3n) is 9.09. The van der Waals surface area contributed by atoms with Crippen LogP contribution in [0.4, 0.5) is 0 Å². The predicted molar refractivity (Wildman–Crippen MR) is 159 cm³/mol. The van der Waals surface area contributed by atoms with Crippen molar-refractivity contribution in [1.29, 1.82) is 0 Å². The van der Waals surface area contributed by atoms with E-state index in [4.69, 9.17) is 18.9 Å². The molecule has 240 valence electrons. The summed E-state index contributed by atoms with van der Waals surface area (Å²) in [5.74, 6) is 0.608. The molecule has 3 aliphatic rings. The first-order valence-electron chi connectivity index (χ1n) is 15.3. The molecule has 2 amide bonds. The van der Waals surface area contributed by atoms with Crippen LogP contribution in [0.15, 0.2) is 23.8 Å². The number of aliphatic hydroxyl groups excluding tert-OH is 3. The van der Waals surface area contributed by atoms with Gasteiger partial charge in [-0.1, -0.05) is 27.2 Å². The summed E-state index contributed by atoms with van der Waals surface area (Å²) in [7, 11) is 3.02. The smallest absolute Gasteiger partial charge is 0.249 e. The molecule has 0 radical (unpaired) electrons. The normalized spacial score (nSPS) is 28.0. The first kappa shape index (κ1) is 33.2. The number of carbonyl (C=O) groups excluding carboxylic acids is 2. The molecule has 0 saturated heterocycles. The van der Waals surface area contributed by atoms with Crippen LogP contribution in [0.25, 0.3) is 0 Å². The van der Waals surface area contributed by atoms with Crippen LogP contribution in [-0.2, 0) is 25.7 Å². The average Bonchev–Trinajstić information content (AvgIpc) is 3.39. The van der Waals surface area contributed by atoms with Gasteiger partial charge in [-0.05, 0) is 54.4 Å². The Morgan fingerprint density at radius 1 is 1.19 bits per heavy atom. The molecule has 11 nitrogen and oxygen atoms in total. The average molecular weight is 605 g/mol. The number of amides is 2. The van der Waals surface area contributed by atoms with E-state index in [1.54, 1.807) is 18.2 Å². The number of hydrogen-bond acceptors (Lipinski definition) is 9. The van der Waals surface area contributed by atoms with Crippen molar-refractivity contribution in [2.24, 2.45) is 17.8 Å². The molecule has 0 spiro atoms. The van der Waals surface area contributed by atoms with Crippen molar-refractivity contribution < 1.29 is 43.9 Å². The number of benzene rings is 1. The SMILES string of the molecule is COCCN(C(=O)CO[C@H]1C[C@@H](C)CC[C@@H]1C(C)C)[C@@H]1C=C(C(=O)NCCO)[C@@H]2c3cc(CO)cc(OC)c3O[C@@H]2[C@H]1O. The zero-order valence-corrected chi connectivity index (χ0v) is 26.0. The van der Waals surface area contributed by atoms with Gasteiger partial charge in [0.15, 0.2) is 11.5 Å². The Kier molecular flexibility index (Phi) is 11.5. The lowest BCUT2D eigenvalue weighted by atomic mass is 9.75. The molecular formula is C32H48N2O9. The summed E-state index contributed by atoms with van der Waals surface area (Å²) in [6.07, 6.45) is 2.56. The largest absolute Gasteiger partial charge is 0.493 e. The minimum atomic E-state index is -1.20. The van der Waals surface area contributed by atoms with Gasteiger partial charge in [-0.25, -0.2) is 0 Å². The van der Waals surface area contributed by atoms with Crippen LogP contribution in [-0.4, -0.2) is 104 Å². The Hall–Kier alpha value is -2.70. The zero-order valence-electron chi connectivity index (χ0n) is 26.0. The number of rotatable bonds is 13. The quantitative estimate of drug-likeness (QED) is 0.265. The fourth-order valence-corrected chi connectivity index (χ4v) is 6.82. The van der Waals surface area contributed by atoms with E-state index in [2.05, 4.69) is 26.1 Å². The van der Waals surface area contributed by atoms with E-state index in [1.165, 1.54) is 19.1 Å². The Balaban J connectivity index is 1.67. The predicted octanol–water partition coefficient (Wildman–Crippen LogP) is 1.76. The van der Waals surface area contributed by atoms with Gasteiger partial charge in [0.05, 0.1) is 45.0 Å². The highest BCUT2D eigenvalue weighted by molar-refractivity contribution is 5.96. The van der Waals surface area contributed by atoms with Crippen molar-refractivity contribution in [2.75, 3.05) is 47.1 Å². The van der Waals surface area contributed by atoms with Crippen LogP contribution < -0.4 is 14.8 Å². The molecule has 2 aliphatic carbocycles. The lowest BCUT2D eigenvalue weighted by molar-refractivity contribution is -0.147. The lowest BCUT2D eigenvalue weighted by Gasteiger charge is -2.41. The molecule has 1 fully saturated rings. The van der Waals surface area contributed by atoms with Gasteiger partial charge < -0.3 is 44.5 Å². The second-order valence-electron chi connectivity index (χ2n) is 12.3. The van der Waals surface area contributed by atoms with E-state index in [-0.39, 0.29) is 51.5 Å². The molecule has 43 heavy (non-hydrogen) atoms. The van der Waals surface area contributed by atoms with Crippen LogP contribution in [0.2, 0.25) is 0 Å². The number of fused-ring (bicyclic) bond motifs is 3. The monoisotopic (exact) mass is 604 g/mol. The fraction of sp³-hybridized carbons (Fsp3) is 0.688. The maximum absolute atomic E-state index is 13.8. The summed E-state index contributed by atoms with van der Waals surface area (Å²) in [6, 6.07) is 2.48. The molecular weight excluding hydrogens is 556 g/mol. The zero-order chi connectivity index (χ0) is 31.3. The van der Waals surface area contributed by atoms with Crippen LogP contribution in [0, 0.1) is 17.8 Å². The van der Waals surface area contributed by atoms with Crippen LogP contribution in [0.1, 0.15) is 57.1 Å². The van der Waals surface area contributed by atoms with Crippen LogP contribution in [0.3, 0.4) is 0 Å². The van der Waals surface area contributed by atoms with Gasteiger partial charge in [-0.2, -0.15) is 0 Å². The van der Waals surface area contributed by atoms with Crippen molar-refractivity contribution >= 4 is 11.8 Å². The van der Waals surface area contributed by atoms with Crippen molar-refractivity contribution in [3.05, 3.63) is 34.9 Å². The summed E-state index contributed by atoms with van der Waals surface area (Å²) in [5, 5.41) is 33.7. The van der Waals surface area contributed by atoms with Crippen LogP contribution >= 0.6 is 0 Å². The molecule has 1 aromatic carbocycles. The van der Waals surface area contributed by atoms with Gasteiger partial charge in [0.25, 0.3) is 0 Å². The molecule has 11 heteroatoms. The maximum Gasteiger partial charge on any atom is 0.249 e. The van der Waals surface area contributed by atoms with E-state index in [0.29, 0.717) is 46.0 Å². The first-order valence-corrected chi connectivity index (χ1v) is 15.3. The van der Waals surface area contributed by atoms with Crippen molar-refractivity contribution in [3.63, 3.8) is 0 Å². The van der Waals surface area contributed by atoms with Gasteiger partial charge in [0.2, 0.25) is 11.8 Å². The third kappa shape index (κ3) is 7.17. The molecule has 7 atom stereocenters. The number of nitrogens with zero attached hydrogens (tertiary/aromatic N) is 1. The molecule has 0 unspecified atom stereocenters. The number of methoxy groups -OCH3 is 2. The van der Waals surface area contributed by atoms with E-state index in [9.17, 15) is 24.9 Å². The fourth-order valence-electron chi connectivity index (χ4n) is 6.82. The molecule has 1 heterocycles. The topological polar surface area (TPSA) is 147 Å². The van der Waals surface area contributed by atoms with Crippen LogP contribution in [0.5, 0.6) is 11.5 Å². The molecule has 0 aromatic heterocycles. The van der Waals surface area contributed by atoms with Gasteiger partial charge >= 0.3 is 0 Å².